The summed E-state index contributed by atoms with van der Waals surface area (Å²) in [4.78, 5) is 7.86. The van der Waals surface area contributed by atoms with E-state index in [4.69, 9.17) is 21.1 Å². The highest BCUT2D eigenvalue weighted by Crippen LogP contribution is 2.29. The molecule has 1 aromatic heterocycles. The van der Waals surface area contributed by atoms with Crippen molar-refractivity contribution in [3.8, 4) is 11.5 Å². The summed E-state index contributed by atoms with van der Waals surface area (Å²) in [7, 11) is 3.40. The molecule has 1 fully saturated rings. The van der Waals surface area contributed by atoms with Crippen LogP contribution in [0.4, 0.5) is 10.1 Å². The largest absolute Gasteiger partial charge is 0.504 e. The number of aryl methyl sites for hydroxylation is 1. The molecule has 1 saturated heterocycles. The maximum absolute atomic E-state index is 12.3. The minimum Gasteiger partial charge on any atom is -0.504 e. The maximum atomic E-state index is 12.3. The Kier molecular flexibility index (Phi) is 17.3. The molecule has 212 valence electrons. The number of halogens is 2. The number of allylic oxidation sites excluding steroid dienone is 4. The van der Waals surface area contributed by atoms with Crippen molar-refractivity contribution in [3.05, 3.63) is 90.2 Å². The minimum atomic E-state index is -0.293. The summed E-state index contributed by atoms with van der Waals surface area (Å²) in [6, 6.07) is 9.11. The van der Waals surface area contributed by atoms with Gasteiger partial charge in [-0.15, -0.1) is 0 Å². The maximum Gasteiger partial charge on any atom is 0.161 e. The third kappa shape index (κ3) is 14.0. The molecule has 0 aliphatic carbocycles. The van der Waals surface area contributed by atoms with E-state index in [-0.39, 0.29) is 11.6 Å². The number of ether oxygens (including phenoxy) is 2. The third-order valence-electron chi connectivity index (χ3n) is 5.02. The van der Waals surface area contributed by atoms with Gasteiger partial charge >= 0.3 is 0 Å². The molecule has 2 heterocycles. The van der Waals surface area contributed by atoms with Gasteiger partial charge in [-0.1, -0.05) is 30.3 Å². The van der Waals surface area contributed by atoms with Crippen molar-refractivity contribution < 1.29 is 19.0 Å². The quantitative estimate of drug-likeness (QED) is 0.202. The van der Waals surface area contributed by atoms with Crippen LogP contribution < -0.4 is 15.4 Å². The zero-order valence-electron chi connectivity index (χ0n) is 22.8. The van der Waals surface area contributed by atoms with Gasteiger partial charge in [0.1, 0.15) is 12.2 Å². The van der Waals surface area contributed by atoms with Crippen LogP contribution in [0.25, 0.3) is 10.9 Å². The number of fused-ring (bicyclic) bond motifs is 1. The van der Waals surface area contributed by atoms with Crippen LogP contribution in [0.1, 0.15) is 12.5 Å². The van der Waals surface area contributed by atoms with E-state index in [0.717, 1.165) is 41.4 Å². The van der Waals surface area contributed by atoms with Gasteiger partial charge in [0, 0.05) is 54.2 Å². The first-order valence-corrected chi connectivity index (χ1v) is 13.2. The molecular weight excluding hydrogens is 539 g/mol. The van der Waals surface area contributed by atoms with Crippen molar-refractivity contribution in [2.45, 2.75) is 20.0 Å². The Bertz CT molecular complexity index is 1200. The van der Waals surface area contributed by atoms with Crippen molar-refractivity contribution in [3.63, 3.8) is 0 Å². The highest BCUT2D eigenvalue weighted by atomic mass is 35.5. The number of aromatic nitrogens is 2. The van der Waals surface area contributed by atoms with Gasteiger partial charge in [-0.3, -0.25) is 0 Å². The summed E-state index contributed by atoms with van der Waals surface area (Å²) in [5.41, 5.74) is 2.91. The van der Waals surface area contributed by atoms with Crippen LogP contribution in [-0.4, -0.2) is 60.8 Å². The molecule has 1 unspecified atom stereocenters. The summed E-state index contributed by atoms with van der Waals surface area (Å²) >= 11 is 9.67. The first-order valence-electron chi connectivity index (χ1n) is 12.2. The van der Waals surface area contributed by atoms with E-state index in [0.29, 0.717) is 23.1 Å². The summed E-state index contributed by atoms with van der Waals surface area (Å²) in [6.07, 6.45) is 9.21. The second kappa shape index (κ2) is 19.9. The monoisotopic (exact) mass is 576 g/mol. The second-order valence-electron chi connectivity index (χ2n) is 8.08. The Balaban J connectivity index is 0.000000267. The molecule has 0 bridgehead atoms. The normalized spacial score (nSPS) is 14.6. The van der Waals surface area contributed by atoms with Crippen LogP contribution in [0.5, 0.6) is 11.5 Å². The predicted octanol–water partition coefficient (Wildman–Crippen LogP) is 6.54. The fourth-order valence-corrected chi connectivity index (χ4v) is 3.21. The summed E-state index contributed by atoms with van der Waals surface area (Å²) in [5, 5.41) is 17.3. The van der Waals surface area contributed by atoms with Crippen LogP contribution >= 0.6 is 24.2 Å². The van der Waals surface area contributed by atoms with Gasteiger partial charge in [-0.25, -0.2) is 14.4 Å². The van der Waals surface area contributed by atoms with Gasteiger partial charge in [-0.05, 0) is 55.8 Å². The number of nitrogens with one attached hydrogen (secondary N) is 2. The zero-order valence-corrected chi connectivity index (χ0v) is 24.5. The van der Waals surface area contributed by atoms with Crippen molar-refractivity contribution in [1.29, 1.82) is 0 Å². The van der Waals surface area contributed by atoms with Crippen LogP contribution in [-0.2, 0) is 4.74 Å². The number of methoxy groups -OCH3 is 1. The molecule has 1 aliphatic heterocycles. The van der Waals surface area contributed by atoms with Crippen LogP contribution in [0.2, 0.25) is 5.02 Å². The van der Waals surface area contributed by atoms with Gasteiger partial charge < -0.3 is 25.2 Å². The minimum absolute atomic E-state index is 0.0914. The van der Waals surface area contributed by atoms with Gasteiger partial charge in [0.15, 0.2) is 11.5 Å². The summed E-state index contributed by atoms with van der Waals surface area (Å²) in [5.74, 6) is 0.785. The lowest BCUT2D eigenvalue weighted by Crippen LogP contribution is -2.36. The van der Waals surface area contributed by atoms with E-state index < -0.39 is 0 Å². The van der Waals surface area contributed by atoms with Crippen molar-refractivity contribution in [2.24, 2.45) is 0 Å². The third-order valence-corrected chi connectivity index (χ3v) is 5.66. The smallest absolute Gasteiger partial charge is 0.161 e. The number of thiol groups is 1. The van der Waals surface area contributed by atoms with E-state index >= 15 is 0 Å². The van der Waals surface area contributed by atoms with Crippen LogP contribution in [0, 0.1) is 6.92 Å². The molecule has 0 spiro atoms. The molecule has 10 heteroatoms. The summed E-state index contributed by atoms with van der Waals surface area (Å²) < 4.78 is 22.4. The Morgan fingerprint density at radius 3 is 2.69 bits per heavy atom. The van der Waals surface area contributed by atoms with Crippen molar-refractivity contribution in [2.75, 3.05) is 44.9 Å². The number of morpholine rings is 1. The number of rotatable bonds is 5. The lowest BCUT2D eigenvalue weighted by molar-refractivity contribution is 0.0410. The van der Waals surface area contributed by atoms with Crippen molar-refractivity contribution in [1.82, 2.24) is 15.3 Å². The SMILES string of the molecule is C=C/C=C(F)\C=C/CS.CC1CNCCO1.CNc1ccc(Cl)c(C)c1.COc1cc2cncnc2cc1O. The lowest BCUT2D eigenvalue weighted by Gasteiger charge is -2.18. The molecule has 2 aromatic carbocycles. The Morgan fingerprint density at radius 1 is 1.38 bits per heavy atom. The number of nitrogens with zero attached hydrogens (tertiary/aromatic N) is 2. The zero-order chi connectivity index (χ0) is 29.0. The molecule has 0 saturated carbocycles. The van der Waals surface area contributed by atoms with E-state index in [9.17, 15) is 9.50 Å². The fourth-order valence-electron chi connectivity index (χ4n) is 2.99. The van der Waals surface area contributed by atoms with Gasteiger partial charge in [0.25, 0.3) is 0 Å². The van der Waals surface area contributed by atoms with Gasteiger partial charge in [0.05, 0.1) is 25.3 Å². The van der Waals surface area contributed by atoms with Crippen LogP contribution in [0.15, 0.2) is 79.6 Å². The first kappa shape index (κ1) is 33.9. The molecule has 7 nitrogen and oxygen atoms in total. The number of aromatic hydroxyl groups is 1. The van der Waals surface area contributed by atoms with Crippen LogP contribution in [0.3, 0.4) is 0 Å². The Morgan fingerprint density at radius 2 is 2.15 bits per heavy atom. The standard InChI is InChI=1S/C9H8N2O2.C8H10ClN.C7H9FS.C5H11NO/c1-13-9-2-6-4-10-5-11-7(6)3-8(9)12;1-6-5-7(10-2)3-4-8(6)9;1-2-4-7(8)5-3-6-9;1-5-4-6-2-3-7-5/h2-5,12H,1H3;3-5,10H,1-2H3;2-5,9H,1,6H2;5-6H,2-4H2,1H3/b;;5-3-,7-4+;. The Hall–Kier alpha value is -3.11. The van der Waals surface area contributed by atoms with E-state index in [1.165, 1.54) is 31.7 Å². The predicted molar refractivity (Wildman–Crippen MR) is 164 cm³/mol. The van der Waals surface area contributed by atoms with Crippen molar-refractivity contribution >= 4 is 40.8 Å². The molecule has 3 aromatic rings. The average Bonchev–Trinajstić information content (AvgIpc) is 2.94. The number of hydrogen-bond acceptors (Lipinski definition) is 8. The van der Waals surface area contributed by atoms with E-state index in [1.807, 2.05) is 32.2 Å². The van der Waals surface area contributed by atoms with E-state index in [1.54, 1.807) is 24.4 Å². The number of phenolic OH excluding ortho intramolecular Hbond substituents is 1. The molecule has 1 atom stereocenters. The molecule has 39 heavy (non-hydrogen) atoms. The first-order chi connectivity index (χ1) is 18.7. The number of phenols is 1. The Labute approximate surface area is 241 Å². The second-order valence-corrected chi connectivity index (χ2v) is 8.85. The molecule has 0 amide bonds. The average molecular weight is 577 g/mol. The fraction of sp³-hybridized carbons (Fsp3) is 0.310. The molecule has 1 aliphatic rings. The molecule has 0 radical (unpaired) electrons. The highest BCUT2D eigenvalue weighted by molar-refractivity contribution is 7.80. The lowest BCUT2D eigenvalue weighted by atomic mass is 10.2. The van der Waals surface area contributed by atoms with Gasteiger partial charge in [-0.2, -0.15) is 12.6 Å². The summed E-state index contributed by atoms with van der Waals surface area (Å²) in [6.45, 7) is 10.3. The molecule has 4 rings (SSSR count). The molecular formula is C29H38ClFN4O3S. The topological polar surface area (TPSA) is 88.5 Å². The highest BCUT2D eigenvalue weighted by Gasteiger charge is 2.05. The number of hydrogen-bond donors (Lipinski definition) is 4. The molecule has 3 N–H and O–H groups in total. The van der Waals surface area contributed by atoms with E-state index in [2.05, 4.69) is 46.7 Å². The number of benzene rings is 2. The van der Waals surface area contributed by atoms with Gasteiger partial charge in [0.2, 0.25) is 0 Å². The number of anilines is 1.